The van der Waals surface area contributed by atoms with Crippen LogP contribution in [0.5, 0.6) is 5.75 Å². The molecule has 0 aliphatic carbocycles. The van der Waals surface area contributed by atoms with E-state index in [-0.39, 0.29) is 30.5 Å². The molecule has 0 bridgehead atoms. The Morgan fingerprint density at radius 2 is 1.82 bits per heavy atom. The topological polar surface area (TPSA) is 67.7 Å². The van der Waals surface area contributed by atoms with Crippen LogP contribution < -0.4 is 9.64 Å². The lowest BCUT2D eigenvalue weighted by Crippen LogP contribution is -2.37. The standard InChI is InChI=1S/C23H19F3N4O3/c1-28-18-4-3-12(9-19(18)33-11-20(28)31)23(32)30-6-5-14-17(10-30)27-29(2)22(14)13-7-15(24)21(26)16(25)8-13/h3-4,7-9H,5-6,10-11H2,1-2H3. The molecule has 0 saturated carbocycles. The van der Waals surface area contributed by atoms with E-state index in [0.717, 1.165) is 17.7 Å². The van der Waals surface area contributed by atoms with Gasteiger partial charge in [-0.05, 0) is 36.8 Å². The van der Waals surface area contributed by atoms with Crippen molar-refractivity contribution >= 4 is 17.5 Å². The van der Waals surface area contributed by atoms with E-state index < -0.39 is 17.5 Å². The molecular weight excluding hydrogens is 437 g/mol. The number of hydrogen-bond donors (Lipinski definition) is 0. The van der Waals surface area contributed by atoms with Gasteiger partial charge in [-0.1, -0.05) is 0 Å². The maximum absolute atomic E-state index is 13.8. The first-order valence-electron chi connectivity index (χ1n) is 10.3. The van der Waals surface area contributed by atoms with Gasteiger partial charge in [-0.3, -0.25) is 14.3 Å². The maximum atomic E-state index is 13.8. The van der Waals surface area contributed by atoms with E-state index in [1.165, 1.54) is 9.58 Å². The number of carbonyl (C=O) groups is 2. The van der Waals surface area contributed by atoms with Crippen molar-refractivity contribution < 1.29 is 27.5 Å². The molecule has 2 amide bonds. The molecule has 0 spiro atoms. The number of benzene rings is 2. The molecule has 5 rings (SSSR count). The van der Waals surface area contributed by atoms with E-state index in [1.807, 2.05) is 0 Å². The number of aryl methyl sites for hydroxylation is 1. The van der Waals surface area contributed by atoms with Gasteiger partial charge in [0, 0.05) is 37.3 Å². The fraction of sp³-hybridized carbons (Fsp3) is 0.261. The normalized spacial score (nSPS) is 15.2. The van der Waals surface area contributed by atoms with Crippen LogP contribution >= 0.6 is 0 Å². The molecule has 0 N–H and O–H groups in total. The summed E-state index contributed by atoms with van der Waals surface area (Å²) >= 11 is 0. The van der Waals surface area contributed by atoms with Crippen molar-refractivity contribution in [2.75, 3.05) is 25.1 Å². The molecule has 7 nitrogen and oxygen atoms in total. The van der Waals surface area contributed by atoms with Crippen LogP contribution in [0.4, 0.5) is 18.9 Å². The highest BCUT2D eigenvalue weighted by Crippen LogP contribution is 2.34. The third kappa shape index (κ3) is 3.42. The van der Waals surface area contributed by atoms with Gasteiger partial charge < -0.3 is 14.5 Å². The van der Waals surface area contributed by atoms with Crippen LogP contribution in [0.1, 0.15) is 21.6 Å². The van der Waals surface area contributed by atoms with Gasteiger partial charge >= 0.3 is 0 Å². The van der Waals surface area contributed by atoms with Crippen LogP contribution in [0.15, 0.2) is 30.3 Å². The summed E-state index contributed by atoms with van der Waals surface area (Å²) in [5.74, 6) is -3.99. The third-order valence-electron chi connectivity index (χ3n) is 6.04. The van der Waals surface area contributed by atoms with Gasteiger partial charge in [-0.25, -0.2) is 13.2 Å². The van der Waals surface area contributed by atoms with Crippen LogP contribution in [0.3, 0.4) is 0 Å². The summed E-state index contributed by atoms with van der Waals surface area (Å²) in [4.78, 5) is 28.0. The molecule has 1 aromatic heterocycles. The number of aromatic nitrogens is 2. The molecule has 33 heavy (non-hydrogen) atoms. The van der Waals surface area contributed by atoms with Gasteiger partial charge in [0.15, 0.2) is 24.1 Å². The number of likely N-dealkylation sites (N-methyl/N-ethyl adjacent to an activating group) is 1. The number of ether oxygens (including phenoxy) is 1. The summed E-state index contributed by atoms with van der Waals surface area (Å²) < 4.78 is 47.9. The summed E-state index contributed by atoms with van der Waals surface area (Å²) in [5, 5.41) is 4.44. The van der Waals surface area contributed by atoms with Gasteiger partial charge in [0.1, 0.15) is 5.75 Å². The first-order valence-corrected chi connectivity index (χ1v) is 10.3. The van der Waals surface area contributed by atoms with E-state index in [0.29, 0.717) is 41.4 Å². The van der Waals surface area contributed by atoms with Crippen LogP contribution in [0, 0.1) is 17.5 Å². The minimum absolute atomic E-state index is 0.0878. The van der Waals surface area contributed by atoms with Crippen molar-refractivity contribution in [3.63, 3.8) is 0 Å². The van der Waals surface area contributed by atoms with E-state index in [2.05, 4.69) is 5.10 Å². The summed E-state index contributed by atoms with van der Waals surface area (Å²) in [6.07, 6.45) is 0.420. The highest BCUT2D eigenvalue weighted by molar-refractivity contribution is 6.00. The van der Waals surface area contributed by atoms with Gasteiger partial charge in [0.25, 0.3) is 11.8 Å². The molecule has 170 valence electrons. The Hall–Kier alpha value is -3.82. The Balaban J connectivity index is 1.42. The fourth-order valence-corrected chi connectivity index (χ4v) is 4.34. The molecule has 0 fully saturated rings. The number of carbonyl (C=O) groups excluding carboxylic acids is 2. The number of fused-ring (bicyclic) bond motifs is 2. The van der Waals surface area contributed by atoms with E-state index in [1.54, 1.807) is 37.2 Å². The van der Waals surface area contributed by atoms with Crippen molar-refractivity contribution in [1.82, 2.24) is 14.7 Å². The number of rotatable bonds is 2. The zero-order valence-corrected chi connectivity index (χ0v) is 17.9. The summed E-state index contributed by atoms with van der Waals surface area (Å²) in [6.45, 7) is 0.493. The number of halogens is 3. The second-order valence-corrected chi connectivity index (χ2v) is 8.05. The lowest BCUT2D eigenvalue weighted by atomic mass is 9.99. The van der Waals surface area contributed by atoms with Crippen LogP contribution in [0.2, 0.25) is 0 Å². The predicted octanol–water partition coefficient (Wildman–Crippen LogP) is 3.06. The summed E-state index contributed by atoms with van der Waals surface area (Å²) in [7, 11) is 3.28. The lowest BCUT2D eigenvalue weighted by Gasteiger charge is -2.29. The molecule has 10 heteroatoms. The molecule has 2 aromatic carbocycles. The van der Waals surface area contributed by atoms with Crippen molar-refractivity contribution in [3.8, 4) is 17.0 Å². The lowest BCUT2D eigenvalue weighted by molar-refractivity contribution is -0.120. The zero-order valence-electron chi connectivity index (χ0n) is 17.9. The van der Waals surface area contributed by atoms with Crippen LogP contribution in [0.25, 0.3) is 11.3 Å². The Morgan fingerprint density at radius 3 is 2.55 bits per heavy atom. The Labute approximate surface area is 187 Å². The highest BCUT2D eigenvalue weighted by atomic mass is 19.2. The monoisotopic (exact) mass is 456 g/mol. The molecule has 2 aliphatic rings. The van der Waals surface area contributed by atoms with Gasteiger partial charge in [-0.2, -0.15) is 5.10 Å². The molecule has 3 aromatic rings. The SMILES string of the molecule is CN1C(=O)COc2cc(C(=O)N3CCc4c(nn(C)c4-c4cc(F)c(F)c(F)c4)C3)ccc21. The smallest absolute Gasteiger partial charge is 0.264 e. The first kappa shape index (κ1) is 21.0. The Bertz CT molecular complexity index is 1300. The Morgan fingerprint density at radius 1 is 1.09 bits per heavy atom. The van der Waals surface area contributed by atoms with E-state index in [4.69, 9.17) is 4.74 Å². The van der Waals surface area contributed by atoms with Crippen LogP contribution in [-0.2, 0) is 24.8 Å². The van der Waals surface area contributed by atoms with E-state index >= 15 is 0 Å². The molecule has 2 aliphatic heterocycles. The summed E-state index contributed by atoms with van der Waals surface area (Å²) in [6, 6.07) is 6.82. The third-order valence-corrected chi connectivity index (χ3v) is 6.04. The van der Waals surface area contributed by atoms with Crippen molar-refractivity contribution in [1.29, 1.82) is 0 Å². The fourth-order valence-electron chi connectivity index (χ4n) is 4.34. The molecular formula is C23H19F3N4O3. The number of nitrogens with zero attached hydrogens (tertiary/aromatic N) is 4. The molecule has 0 radical (unpaired) electrons. The van der Waals surface area contributed by atoms with Crippen LogP contribution in [-0.4, -0.2) is 46.7 Å². The molecule has 3 heterocycles. The average molecular weight is 456 g/mol. The zero-order chi connectivity index (χ0) is 23.4. The summed E-state index contributed by atoms with van der Waals surface area (Å²) in [5.41, 5.74) is 3.06. The maximum Gasteiger partial charge on any atom is 0.264 e. The largest absolute Gasteiger partial charge is 0.482 e. The van der Waals surface area contributed by atoms with Gasteiger partial charge in [0.2, 0.25) is 0 Å². The number of hydrogen-bond acceptors (Lipinski definition) is 4. The number of anilines is 1. The van der Waals surface area contributed by atoms with Gasteiger partial charge in [-0.15, -0.1) is 0 Å². The second kappa shape index (κ2) is 7.65. The number of amides is 2. The minimum Gasteiger partial charge on any atom is -0.482 e. The van der Waals surface area contributed by atoms with Crippen molar-refractivity contribution in [2.45, 2.75) is 13.0 Å². The minimum atomic E-state index is -1.52. The highest BCUT2D eigenvalue weighted by Gasteiger charge is 2.30. The first-order chi connectivity index (χ1) is 15.7. The average Bonchev–Trinajstić information content (AvgIpc) is 3.13. The van der Waals surface area contributed by atoms with Crippen molar-refractivity contribution in [3.05, 3.63) is 64.6 Å². The Kier molecular flexibility index (Phi) is 4.88. The molecule has 0 atom stereocenters. The molecule has 0 saturated heterocycles. The predicted molar refractivity (Wildman–Crippen MR) is 112 cm³/mol. The van der Waals surface area contributed by atoms with Gasteiger partial charge in [0.05, 0.1) is 23.6 Å². The van der Waals surface area contributed by atoms with E-state index in [9.17, 15) is 22.8 Å². The second-order valence-electron chi connectivity index (χ2n) is 8.05. The van der Waals surface area contributed by atoms with Crippen molar-refractivity contribution in [2.24, 2.45) is 7.05 Å². The molecule has 0 unspecified atom stereocenters. The quantitative estimate of drug-likeness (QED) is 0.556.